The molecule has 36 heavy (non-hydrogen) atoms. The number of sulfonamides is 1. The molecule has 0 fully saturated rings. The molecule has 10 nitrogen and oxygen atoms in total. The van der Waals surface area contributed by atoms with Crippen molar-refractivity contribution in [3.05, 3.63) is 68.2 Å². The maximum Gasteiger partial charge on any atom is 0.271 e. The number of amides is 2. The van der Waals surface area contributed by atoms with Crippen LogP contribution in [0.5, 0.6) is 0 Å². The van der Waals surface area contributed by atoms with E-state index < -0.39 is 33.4 Å². The second-order valence-corrected chi connectivity index (χ2v) is 11.8. The van der Waals surface area contributed by atoms with Gasteiger partial charge in [0.05, 0.1) is 16.9 Å². The van der Waals surface area contributed by atoms with E-state index in [2.05, 4.69) is 21.2 Å². The second-order valence-electron chi connectivity index (χ2n) is 8.96. The van der Waals surface area contributed by atoms with Crippen LogP contribution in [0.2, 0.25) is 0 Å². The molecule has 2 rings (SSSR count). The molecule has 0 aromatic heterocycles. The molecule has 0 saturated heterocycles. The van der Waals surface area contributed by atoms with E-state index in [0.29, 0.717) is 12.1 Å². The van der Waals surface area contributed by atoms with Crippen molar-refractivity contribution < 1.29 is 22.9 Å². The van der Waals surface area contributed by atoms with E-state index >= 15 is 0 Å². The van der Waals surface area contributed by atoms with Gasteiger partial charge in [-0.05, 0) is 43.0 Å². The molecular weight excluding hydrogens is 552 g/mol. The highest BCUT2D eigenvalue weighted by Gasteiger charge is 2.31. The number of nitro benzene ring substituents is 1. The zero-order valence-electron chi connectivity index (χ0n) is 20.9. The summed E-state index contributed by atoms with van der Waals surface area (Å²) < 4.78 is 27.0. The zero-order chi connectivity index (χ0) is 27.2. The van der Waals surface area contributed by atoms with E-state index in [4.69, 9.17) is 0 Å². The van der Waals surface area contributed by atoms with Crippen LogP contribution in [0.4, 0.5) is 11.4 Å². The molecule has 0 aliphatic rings. The van der Waals surface area contributed by atoms with Crippen molar-refractivity contribution in [1.29, 1.82) is 0 Å². The Bertz CT molecular complexity index is 1230. The molecule has 0 bridgehead atoms. The lowest BCUT2D eigenvalue weighted by Gasteiger charge is -2.32. The maximum absolute atomic E-state index is 13.6. The van der Waals surface area contributed by atoms with Crippen molar-refractivity contribution in [2.24, 2.45) is 5.92 Å². The van der Waals surface area contributed by atoms with Gasteiger partial charge in [-0.3, -0.25) is 24.0 Å². The van der Waals surface area contributed by atoms with Crippen LogP contribution >= 0.6 is 15.9 Å². The Morgan fingerprint density at radius 2 is 1.81 bits per heavy atom. The predicted octanol–water partition coefficient (Wildman–Crippen LogP) is 3.62. The quantitative estimate of drug-likeness (QED) is 0.318. The third kappa shape index (κ3) is 8.02. The summed E-state index contributed by atoms with van der Waals surface area (Å²) in [6.07, 6.45) is 0.927. The highest BCUT2D eigenvalue weighted by Crippen LogP contribution is 2.28. The average Bonchev–Trinajstić information content (AvgIpc) is 2.78. The molecule has 0 aliphatic carbocycles. The SMILES string of the molecule is Cc1ccc([N+](=O)[O-])cc1N(CC(=O)N(Cc1cccc(Br)c1)C(C)C(=O)NCC(C)C)S(C)(=O)=O. The molecule has 196 valence electrons. The zero-order valence-corrected chi connectivity index (χ0v) is 23.3. The van der Waals surface area contributed by atoms with Gasteiger partial charge >= 0.3 is 0 Å². The van der Waals surface area contributed by atoms with Gasteiger partial charge in [0.15, 0.2) is 0 Å². The first-order chi connectivity index (χ1) is 16.7. The van der Waals surface area contributed by atoms with Gasteiger partial charge in [-0.15, -0.1) is 0 Å². The Labute approximate surface area is 220 Å². The highest BCUT2D eigenvalue weighted by atomic mass is 79.9. The Morgan fingerprint density at radius 1 is 1.14 bits per heavy atom. The molecule has 0 aliphatic heterocycles. The molecule has 2 aromatic rings. The smallest absolute Gasteiger partial charge is 0.271 e. The minimum Gasteiger partial charge on any atom is -0.354 e. The van der Waals surface area contributed by atoms with Crippen molar-refractivity contribution in [2.75, 3.05) is 23.7 Å². The summed E-state index contributed by atoms with van der Waals surface area (Å²) in [6, 6.07) is 10.1. The summed E-state index contributed by atoms with van der Waals surface area (Å²) in [5, 5.41) is 14.1. The fraction of sp³-hybridized carbons (Fsp3) is 0.417. The Balaban J connectivity index is 2.46. The number of nitro groups is 1. The summed E-state index contributed by atoms with van der Waals surface area (Å²) in [5.74, 6) is -0.795. The topological polar surface area (TPSA) is 130 Å². The first-order valence-electron chi connectivity index (χ1n) is 11.2. The van der Waals surface area contributed by atoms with Gasteiger partial charge in [-0.25, -0.2) is 8.42 Å². The highest BCUT2D eigenvalue weighted by molar-refractivity contribution is 9.10. The number of nitrogens with one attached hydrogen (secondary N) is 1. The van der Waals surface area contributed by atoms with Crippen molar-refractivity contribution in [3.63, 3.8) is 0 Å². The van der Waals surface area contributed by atoms with E-state index in [1.165, 1.54) is 17.0 Å². The van der Waals surface area contributed by atoms with Gasteiger partial charge in [0.1, 0.15) is 12.6 Å². The van der Waals surface area contributed by atoms with Crippen LogP contribution in [0.25, 0.3) is 0 Å². The normalized spacial score (nSPS) is 12.2. The Hall–Kier alpha value is -2.99. The summed E-state index contributed by atoms with van der Waals surface area (Å²) in [6.45, 7) is 6.92. The van der Waals surface area contributed by atoms with Crippen LogP contribution in [-0.4, -0.2) is 55.4 Å². The lowest BCUT2D eigenvalue weighted by molar-refractivity contribution is -0.384. The van der Waals surface area contributed by atoms with Crippen LogP contribution < -0.4 is 9.62 Å². The van der Waals surface area contributed by atoms with E-state index in [1.54, 1.807) is 32.0 Å². The van der Waals surface area contributed by atoms with E-state index in [1.807, 2.05) is 19.9 Å². The summed E-state index contributed by atoms with van der Waals surface area (Å²) >= 11 is 3.39. The summed E-state index contributed by atoms with van der Waals surface area (Å²) in [5.41, 5.74) is 0.905. The molecule has 1 atom stereocenters. The molecule has 2 amide bonds. The van der Waals surface area contributed by atoms with Crippen LogP contribution in [0.3, 0.4) is 0 Å². The fourth-order valence-electron chi connectivity index (χ4n) is 3.44. The number of rotatable bonds is 11. The molecule has 1 N–H and O–H groups in total. The molecule has 2 aromatic carbocycles. The lowest BCUT2D eigenvalue weighted by Crippen LogP contribution is -2.51. The number of carbonyl (C=O) groups excluding carboxylic acids is 2. The first kappa shape index (κ1) is 29.2. The van der Waals surface area contributed by atoms with Crippen molar-refractivity contribution in [1.82, 2.24) is 10.2 Å². The van der Waals surface area contributed by atoms with Crippen molar-refractivity contribution in [2.45, 2.75) is 40.3 Å². The lowest BCUT2D eigenvalue weighted by atomic mass is 10.1. The van der Waals surface area contributed by atoms with Crippen LogP contribution in [0, 0.1) is 23.0 Å². The standard InChI is InChI=1S/C24H31BrN4O6S/c1-16(2)13-26-24(31)18(4)27(14-19-7-6-8-20(25)11-19)23(30)15-28(36(5,34)35)22-12-21(29(32)33)10-9-17(22)3/h6-12,16,18H,13-15H2,1-5H3,(H,26,31). The van der Waals surface area contributed by atoms with Crippen LogP contribution in [-0.2, 0) is 26.2 Å². The average molecular weight is 584 g/mol. The molecule has 0 heterocycles. The van der Waals surface area contributed by atoms with Gasteiger partial charge in [0, 0.05) is 29.7 Å². The molecule has 0 spiro atoms. The summed E-state index contributed by atoms with van der Waals surface area (Å²) in [4.78, 5) is 38.4. The number of benzene rings is 2. The number of carbonyl (C=O) groups is 2. The Kier molecular flexibility index (Phi) is 10.00. The largest absolute Gasteiger partial charge is 0.354 e. The molecule has 12 heteroatoms. The molecule has 0 radical (unpaired) electrons. The fourth-order valence-corrected chi connectivity index (χ4v) is 4.79. The number of nitrogens with zero attached hydrogens (tertiary/aromatic N) is 3. The number of hydrogen-bond acceptors (Lipinski definition) is 6. The number of anilines is 1. The van der Waals surface area contributed by atoms with Crippen LogP contribution in [0.1, 0.15) is 31.9 Å². The Morgan fingerprint density at radius 3 is 2.36 bits per heavy atom. The molecule has 0 saturated carbocycles. The van der Waals surface area contributed by atoms with Crippen molar-refractivity contribution in [3.8, 4) is 0 Å². The second kappa shape index (κ2) is 12.3. The predicted molar refractivity (Wildman–Crippen MR) is 142 cm³/mol. The van der Waals surface area contributed by atoms with Gasteiger partial charge in [-0.2, -0.15) is 0 Å². The van der Waals surface area contributed by atoms with Crippen molar-refractivity contribution >= 4 is 49.1 Å². The number of hydrogen-bond donors (Lipinski definition) is 1. The van der Waals surface area contributed by atoms with Gasteiger partial charge in [0.2, 0.25) is 21.8 Å². The number of aryl methyl sites for hydroxylation is 1. The third-order valence-corrected chi connectivity index (χ3v) is 7.06. The van der Waals surface area contributed by atoms with E-state index in [9.17, 15) is 28.1 Å². The van der Waals surface area contributed by atoms with E-state index in [-0.39, 0.29) is 29.7 Å². The number of halogens is 1. The number of non-ortho nitro benzene ring substituents is 1. The third-order valence-electron chi connectivity index (χ3n) is 5.45. The first-order valence-corrected chi connectivity index (χ1v) is 13.9. The van der Waals surface area contributed by atoms with Gasteiger partial charge in [0.25, 0.3) is 5.69 Å². The minimum absolute atomic E-state index is 0.0272. The molecular formula is C24H31BrN4O6S. The maximum atomic E-state index is 13.6. The van der Waals surface area contributed by atoms with E-state index in [0.717, 1.165) is 26.7 Å². The van der Waals surface area contributed by atoms with Gasteiger partial charge < -0.3 is 10.2 Å². The van der Waals surface area contributed by atoms with Crippen LogP contribution in [0.15, 0.2) is 46.9 Å². The monoisotopic (exact) mass is 582 g/mol. The summed E-state index contributed by atoms with van der Waals surface area (Å²) in [7, 11) is -4.00. The minimum atomic E-state index is -4.00. The molecule has 1 unspecified atom stereocenters. The van der Waals surface area contributed by atoms with Gasteiger partial charge in [-0.1, -0.05) is 48.0 Å².